The Morgan fingerprint density at radius 3 is 2.42 bits per heavy atom. The Morgan fingerprint density at radius 2 is 1.89 bits per heavy atom. The minimum absolute atomic E-state index is 0.0203. The van der Waals surface area contributed by atoms with Gasteiger partial charge >= 0.3 is 5.97 Å². The lowest BCUT2D eigenvalue weighted by atomic mass is 10.0. The average molecular weight is 260 g/mol. The summed E-state index contributed by atoms with van der Waals surface area (Å²) in [5, 5.41) is 12.9. The first kappa shape index (κ1) is 13.3. The van der Waals surface area contributed by atoms with Crippen LogP contribution in [-0.2, 0) is 14.4 Å². The van der Waals surface area contributed by atoms with Crippen LogP contribution in [-0.4, -0.2) is 28.7 Å². The van der Waals surface area contributed by atoms with Crippen LogP contribution in [0.15, 0.2) is 35.5 Å². The molecule has 0 aliphatic heterocycles. The largest absolute Gasteiger partial charge is 0.478 e. The van der Waals surface area contributed by atoms with Crippen molar-refractivity contribution in [3.05, 3.63) is 35.9 Å². The highest BCUT2D eigenvalue weighted by atomic mass is 16.7. The van der Waals surface area contributed by atoms with Gasteiger partial charge in [-0.25, -0.2) is 4.79 Å². The number of carboxylic acids is 1. The second-order valence-electron chi connectivity index (χ2n) is 4.51. The molecule has 1 saturated carbocycles. The normalized spacial score (nSPS) is 18.0. The third kappa shape index (κ3) is 2.81. The molecule has 1 aliphatic rings. The molecule has 0 amide bonds. The number of carbonyl (C=O) groups excluding carboxylic acids is 1. The molecule has 0 saturated heterocycles. The monoisotopic (exact) mass is 260 g/mol. The Morgan fingerprint density at radius 1 is 1.26 bits per heavy atom. The Bertz CT molecular complexity index is 489. The van der Waals surface area contributed by atoms with Crippen molar-refractivity contribution in [1.82, 2.24) is 0 Å². The molecule has 0 spiro atoms. The van der Waals surface area contributed by atoms with Crippen molar-refractivity contribution in [2.45, 2.75) is 31.3 Å². The van der Waals surface area contributed by atoms with Crippen molar-refractivity contribution >= 4 is 18.0 Å². The lowest BCUT2D eigenvalue weighted by Gasteiger charge is -2.21. The number of rotatable bonds is 5. The van der Waals surface area contributed by atoms with Gasteiger partial charge in [0.2, 0.25) is 5.60 Å². The molecule has 1 N–H and O–H groups in total. The molecule has 1 fully saturated rings. The first-order valence-electron chi connectivity index (χ1n) is 6.11. The van der Waals surface area contributed by atoms with Crippen LogP contribution in [0.4, 0.5) is 0 Å². The van der Waals surface area contributed by atoms with Gasteiger partial charge in [-0.2, -0.15) is 0 Å². The van der Waals surface area contributed by atoms with Crippen LogP contribution >= 0.6 is 0 Å². The van der Waals surface area contributed by atoms with Gasteiger partial charge in [-0.3, -0.25) is 4.79 Å². The molecule has 1 aromatic carbocycles. The third-order valence-electron chi connectivity index (χ3n) is 3.26. The number of hydrogen-bond acceptors (Lipinski definition) is 4. The summed E-state index contributed by atoms with van der Waals surface area (Å²) in [5.41, 5.74) is -0.763. The van der Waals surface area contributed by atoms with E-state index in [1.54, 1.807) is 30.6 Å². The molecule has 0 unspecified atom stereocenters. The summed E-state index contributed by atoms with van der Waals surface area (Å²) in [5.74, 6) is -1.04. The topological polar surface area (TPSA) is 76.0 Å². The molecule has 5 heteroatoms. The highest BCUT2D eigenvalue weighted by Crippen LogP contribution is 2.33. The molecular weight excluding hydrogens is 246 g/mol. The summed E-state index contributed by atoms with van der Waals surface area (Å²) in [7, 11) is 0. The highest BCUT2D eigenvalue weighted by Gasteiger charge is 2.44. The Balaban J connectivity index is 2.20. The van der Waals surface area contributed by atoms with E-state index < -0.39 is 11.6 Å². The lowest BCUT2D eigenvalue weighted by Crippen LogP contribution is -2.37. The van der Waals surface area contributed by atoms with Crippen LogP contribution in [0.1, 0.15) is 31.2 Å². The van der Waals surface area contributed by atoms with Gasteiger partial charge in [-0.15, -0.1) is 0 Å². The maximum absolute atomic E-state index is 11.3. The van der Waals surface area contributed by atoms with Gasteiger partial charge in [0.05, 0.1) is 0 Å². The van der Waals surface area contributed by atoms with Crippen LogP contribution in [0.2, 0.25) is 0 Å². The van der Waals surface area contributed by atoms with Gasteiger partial charge in [0.1, 0.15) is 0 Å². The summed E-state index contributed by atoms with van der Waals surface area (Å²) in [6.07, 6.45) is 4.07. The first-order valence-corrected chi connectivity index (χ1v) is 6.11. The number of carboxylic acid groups (broad SMARTS) is 1. The Kier molecular flexibility index (Phi) is 3.94. The van der Waals surface area contributed by atoms with Crippen molar-refractivity contribution in [2.75, 3.05) is 0 Å². The highest BCUT2D eigenvalue weighted by molar-refractivity contribution is 6.36. The van der Waals surface area contributed by atoms with Gasteiger partial charge in [0.25, 0.3) is 6.29 Å². The maximum Gasteiger partial charge on any atom is 0.350 e. The summed E-state index contributed by atoms with van der Waals surface area (Å²) in [6.45, 7) is 0. The van der Waals surface area contributed by atoms with E-state index in [-0.39, 0.29) is 5.71 Å². The van der Waals surface area contributed by atoms with E-state index in [0.29, 0.717) is 18.4 Å². The average Bonchev–Trinajstić information content (AvgIpc) is 2.91. The van der Waals surface area contributed by atoms with E-state index >= 15 is 0 Å². The summed E-state index contributed by atoms with van der Waals surface area (Å²) < 4.78 is 0. The molecule has 1 radical (unpaired) electrons. The van der Waals surface area contributed by atoms with Gasteiger partial charge in [-0.1, -0.05) is 35.5 Å². The molecule has 0 aromatic heterocycles. The fourth-order valence-corrected chi connectivity index (χ4v) is 2.15. The van der Waals surface area contributed by atoms with Crippen LogP contribution in [0.5, 0.6) is 0 Å². The molecule has 99 valence electrons. The molecule has 0 bridgehead atoms. The molecule has 0 heterocycles. The zero-order valence-corrected chi connectivity index (χ0v) is 10.3. The summed E-state index contributed by atoms with van der Waals surface area (Å²) >= 11 is 0. The van der Waals surface area contributed by atoms with Crippen LogP contribution < -0.4 is 0 Å². The number of aliphatic carboxylic acids is 1. The lowest BCUT2D eigenvalue weighted by molar-refractivity contribution is -0.165. The number of hydrogen-bond donors (Lipinski definition) is 1. The predicted octanol–water partition coefficient (Wildman–Crippen LogP) is 1.91. The Hall–Kier alpha value is -2.17. The van der Waals surface area contributed by atoms with Gasteiger partial charge < -0.3 is 9.94 Å². The molecule has 0 atom stereocenters. The fraction of sp³-hybridized carbons (Fsp3) is 0.357. The molecule has 19 heavy (non-hydrogen) atoms. The van der Waals surface area contributed by atoms with E-state index in [2.05, 4.69) is 5.16 Å². The van der Waals surface area contributed by atoms with E-state index in [1.165, 1.54) is 0 Å². The molecule has 1 aliphatic carbocycles. The predicted molar refractivity (Wildman–Crippen MR) is 68.6 cm³/mol. The first-order chi connectivity index (χ1) is 9.18. The fourth-order valence-electron chi connectivity index (χ4n) is 2.15. The summed E-state index contributed by atoms with van der Waals surface area (Å²) in [4.78, 5) is 27.4. The van der Waals surface area contributed by atoms with Crippen molar-refractivity contribution in [3.8, 4) is 0 Å². The van der Waals surface area contributed by atoms with E-state index in [1.807, 2.05) is 6.07 Å². The van der Waals surface area contributed by atoms with Crippen LogP contribution in [0.25, 0.3) is 0 Å². The number of carbonyl (C=O) groups is 1. The van der Waals surface area contributed by atoms with Crippen molar-refractivity contribution in [2.24, 2.45) is 5.16 Å². The number of benzene rings is 1. The molecule has 1 aromatic rings. The van der Waals surface area contributed by atoms with E-state index in [4.69, 9.17) is 4.84 Å². The Labute approximate surface area is 110 Å². The zero-order chi connectivity index (χ0) is 13.7. The quantitative estimate of drug-likeness (QED) is 0.648. The smallest absolute Gasteiger partial charge is 0.350 e. The van der Waals surface area contributed by atoms with Crippen molar-refractivity contribution in [3.63, 3.8) is 0 Å². The van der Waals surface area contributed by atoms with Gasteiger partial charge in [0, 0.05) is 18.4 Å². The van der Waals surface area contributed by atoms with E-state index in [9.17, 15) is 14.7 Å². The van der Waals surface area contributed by atoms with Crippen molar-refractivity contribution in [1.29, 1.82) is 0 Å². The summed E-state index contributed by atoms with van der Waals surface area (Å²) in [6, 6.07) is 8.70. The number of oxime groups is 1. The van der Waals surface area contributed by atoms with Crippen molar-refractivity contribution < 1.29 is 19.5 Å². The standard InChI is InChI=1S/C14H14NO4/c16-10-12(11-6-2-1-3-7-11)15-19-14(13(17)18)8-4-5-9-14/h1-3,6-7H,4-5,8-9H2,(H,17,18)/b15-12-. The molecular formula is C14H14NO4. The second kappa shape index (κ2) is 5.65. The van der Waals surface area contributed by atoms with Crippen LogP contribution in [0, 0.1) is 0 Å². The zero-order valence-electron chi connectivity index (χ0n) is 10.3. The number of nitrogens with zero attached hydrogens (tertiary/aromatic N) is 1. The van der Waals surface area contributed by atoms with Gasteiger partial charge in [-0.05, 0) is 12.8 Å². The van der Waals surface area contributed by atoms with Crippen LogP contribution in [0.3, 0.4) is 0 Å². The van der Waals surface area contributed by atoms with E-state index in [0.717, 1.165) is 12.8 Å². The van der Waals surface area contributed by atoms with Gasteiger partial charge in [0.15, 0.2) is 5.71 Å². The molecule has 5 nitrogen and oxygen atoms in total. The minimum atomic E-state index is -1.29. The molecule has 2 rings (SSSR count). The minimum Gasteiger partial charge on any atom is -0.478 e. The SMILES string of the molecule is O=[C]/C(=N/OC1(C(=O)O)CCCC1)c1ccccc1. The third-order valence-corrected chi connectivity index (χ3v) is 3.26. The second-order valence-corrected chi connectivity index (χ2v) is 4.51. The maximum atomic E-state index is 11.3.